The van der Waals surface area contributed by atoms with Crippen molar-refractivity contribution < 1.29 is 29.0 Å². The maximum Gasteiger partial charge on any atom is 0.410 e. The molecule has 0 radical (unpaired) electrons. The molecule has 0 aromatic heterocycles. The van der Waals surface area contributed by atoms with Crippen molar-refractivity contribution in [2.75, 3.05) is 32.8 Å². The monoisotopic (exact) mass is 328 g/mol. The van der Waals surface area contributed by atoms with Crippen LogP contribution in [0.1, 0.15) is 20.8 Å². The fraction of sp³-hybridized carbons (Fsp3) is 0.667. The molecule has 130 valence electrons. The van der Waals surface area contributed by atoms with Crippen LogP contribution in [0.5, 0.6) is 0 Å². The highest BCUT2D eigenvalue weighted by Gasteiger charge is 2.34. The minimum absolute atomic E-state index is 0.0288. The maximum atomic E-state index is 12.4. The lowest BCUT2D eigenvalue weighted by molar-refractivity contribution is -0.153. The Morgan fingerprint density at radius 2 is 2.09 bits per heavy atom. The molecule has 0 aromatic rings. The van der Waals surface area contributed by atoms with E-state index in [1.54, 1.807) is 20.8 Å². The maximum absolute atomic E-state index is 12.4. The summed E-state index contributed by atoms with van der Waals surface area (Å²) in [5.74, 6) is -1.61. The van der Waals surface area contributed by atoms with Gasteiger partial charge in [0.2, 0.25) is 0 Å². The molecule has 1 aliphatic rings. The van der Waals surface area contributed by atoms with Gasteiger partial charge in [0.15, 0.2) is 6.10 Å². The van der Waals surface area contributed by atoms with Crippen LogP contribution < -0.4 is 0 Å². The van der Waals surface area contributed by atoms with Crippen LogP contribution in [-0.4, -0.2) is 77.4 Å². The predicted octanol–water partition coefficient (Wildman–Crippen LogP) is 0.722. The highest BCUT2D eigenvalue weighted by molar-refractivity contribution is 5.85. The van der Waals surface area contributed by atoms with Gasteiger partial charge in [-0.1, -0.05) is 6.08 Å². The molecule has 1 aliphatic heterocycles. The zero-order valence-corrected chi connectivity index (χ0v) is 13.8. The Balaban J connectivity index is 2.72. The first-order valence-electron chi connectivity index (χ1n) is 7.35. The minimum Gasteiger partial charge on any atom is -0.480 e. The lowest BCUT2D eigenvalue weighted by atomic mass is 10.2. The fourth-order valence-corrected chi connectivity index (χ4v) is 2.05. The number of carboxylic acids is 1. The van der Waals surface area contributed by atoms with Crippen LogP contribution in [0.25, 0.3) is 0 Å². The van der Waals surface area contributed by atoms with Gasteiger partial charge in [-0.05, 0) is 20.8 Å². The third kappa shape index (κ3) is 6.27. The van der Waals surface area contributed by atoms with Crippen molar-refractivity contribution in [2.24, 2.45) is 0 Å². The summed E-state index contributed by atoms with van der Waals surface area (Å²) in [5.41, 5.74) is -0.632. The summed E-state index contributed by atoms with van der Waals surface area (Å²) in [5, 5.41) is 8.87. The molecule has 1 unspecified atom stereocenters. The van der Waals surface area contributed by atoms with Crippen molar-refractivity contribution in [3.63, 3.8) is 0 Å². The van der Waals surface area contributed by atoms with Crippen molar-refractivity contribution in [1.82, 2.24) is 9.80 Å². The normalized spacial score (nSPS) is 18.2. The van der Waals surface area contributed by atoms with Gasteiger partial charge in [-0.15, -0.1) is 6.58 Å². The number of nitrogens with zero attached hydrogens (tertiary/aromatic N) is 2. The summed E-state index contributed by atoms with van der Waals surface area (Å²) in [6.45, 7) is 8.96. The van der Waals surface area contributed by atoms with Gasteiger partial charge in [0.25, 0.3) is 5.91 Å². The number of ether oxygens (including phenoxy) is 2. The molecule has 0 bridgehead atoms. The van der Waals surface area contributed by atoms with Crippen LogP contribution in [0.15, 0.2) is 12.7 Å². The Hall–Kier alpha value is -2.09. The number of aliphatic carboxylic acids is 1. The lowest BCUT2D eigenvalue weighted by Crippen LogP contribution is -2.54. The molecule has 8 heteroatoms. The molecule has 1 heterocycles. The van der Waals surface area contributed by atoms with Crippen molar-refractivity contribution >= 4 is 18.0 Å². The molecule has 2 amide bonds. The summed E-state index contributed by atoms with van der Waals surface area (Å²) < 4.78 is 10.7. The van der Waals surface area contributed by atoms with Gasteiger partial charge in [-0.2, -0.15) is 0 Å². The van der Waals surface area contributed by atoms with Crippen LogP contribution in [0.3, 0.4) is 0 Å². The smallest absolute Gasteiger partial charge is 0.410 e. The highest BCUT2D eigenvalue weighted by atomic mass is 16.6. The summed E-state index contributed by atoms with van der Waals surface area (Å²) in [6.07, 6.45) is 0.0117. The number of carbonyl (C=O) groups is 3. The average Bonchev–Trinajstić information content (AvgIpc) is 2.44. The summed E-state index contributed by atoms with van der Waals surface area (Å²) in [7, 11) is 0. The highest BCUT2D eigenvalue weighted by Crippen LogP contribution is 2.14. The van der Waals surface area contributed by atoms with Crippen LogP contribution in [0.4, 0.5) is 4.79 Å². The Bertz CT molecular complexity index is 471. The summed E-state index contributed by atoms with van der Waals surface area (Å²) in [6, 6.07) is 0. The first-order valence-corrected chi connectivity index (χ1v) is 7.35. The zero-order valence-electron chi connectivity index (χ0n) is 13.8. The number of morpholine rings is 1. The molecule has 1 saturated heterocycles. The summed E-state index contributed by atoms with van der Waals surface area (Å²) >= 11 is 0. The molecule has 8 nitrogen and oxygen atoms in total. The number of hydrogen-bond donors (Lipinski definition) is 1. The van der Waals surface area contributed by atoms with Crippen LogP contribution in [-0.2, 0) is 19.1 Å². The first kappa shape index (κ1) is 19.0. The standard InChI is InChI=1S/C15H24N2O6/c1-5-6-16(10-12(18)19)13(20)11-9-17(7-8-22-11)14(21)23-15(2,3)4/h5,11H,1,6-10H2,2-4H3,(H,18,19). The van der Waals surface area contributed by atoms with Gasteiger partial charge in [-0.25, -0.2) is 4.79 Å². The fourth-order valence-electron chi connectivity index (χ4n) is 2.05. The van der Waals surface area contributed by atoms with Gasteiger partial charge < -0.3 is 24.4 Å². The van der Waals surface area contributed by atoms with Crippen LogP contribution in [0, 0.1) is 0 Å². The quantitative estimate of drug-likeness (QED) is 0.747. The Morgan fingerprint density at radius 3 is 2.61 bits per heavy atom. The average molecular weight is 328 g/mol. The number of hydrogen-bond acceptors (Lipinski definition) is 5. The molecule has 1 fully saturated rings. The van der Waals surface area contributed by atoms with E-state index < -0.39 is 36.2 Å². The van der Waals surface area contributed by atoms with E-state index in [-0.39, 0.29) is 19.7 Å². The summed E-state index contributed by atoms with van der Waals surface area (Å²) in [4.78, 5) is 37.8. The Morgan fingerprint density at radius 1 is 1.43 bits per heavy atom. The second-order valence-corrected chi connectivity index (χ2v) is 6.19. The first-order chi connectivity index (χ1) is 10.6. The number of carboxylic acid groups (broad SMARTS) is 1. The van der Waals surface area contributed by atoms with E-state index in [1.165, 1.54) is 11.0 Å². The van der Waals surface area contributed by atoms with Gasteiger partial charge in [0, 0.05) is 13.1 Å². The Kier molecular flexibility index (Phi) is 6.56. The van der Waals surface area contributed by atoms with E-state index in [0.717, 1.165) is 4.90 Å². The van der Waals surface area contributed by atoms with Gasteiger partial charge in [0.1, 0.15) is 12.1 Å². The molecule has 1 rings (SSSR count). The van der Waals surface area contributed by atoms with Gasteiger partial charge in [0.05, 0.1) is 13.2 Å². The molecule has 0 aromatic carbocycles. The predicted molar refractivity (Wildman–Crippen MR) is 82.0 cm³/mol. The molecule has 0 saturated carbocycles. The third-order valence-electron chi connectivity index (χ3n) is 2.98. The van der Waals surface area contributed by atoms with Crippen molar-refractivity contribution in [1.29, 1.82) is 0 Å². The molecule has 1 atom stereocenters. The number of rotatable bonds is 5. The van der Waals surface area contributed by atoms with Gasteiger partial charge >= 0.3 is 12.1 Å². The second-order valence-electron chi connectivity index (χ2n) is 6.19. The molecular formula is C15H24N2O6. The second kappa shape index (κ2) is 7.96. The molecule has 1 N–H and O–H groups in total. The lowest BCUT2D eigenvalue weighted by Gasteiger charge is -2.35. The van der Waals surface area contributed by atoms with E-state index in [4.69, 9.17) is 14.6 Å². The Labute approximate surface area is 135 Å². The van der Waals surface area contributed by atoms with Crippen molar-refractivity contribution in [3.8, 4) is 0 Å². The van der Waals surface area contributed by atoms with E-state index >= 15 is 0 Å². The molecule has 0 spiro atoms. The molecule has 23 heavy (non-hydrogen) atoms. The zero-order chi connectivity index (χ0) is 17.6. The van der Waals surface area contributed by atoms with Crippen LogP contribution in [0.2, 0.25) is 0 Å². The van der Waals surface area contributed by atoms with E-state index in [2.05, 4.69) is 6.58 Å². The minimum atomic E-state index is -1.12. The SMILES string of the molecule is C=CCN(CC(=O)O)C(=O)C1CN(C(=O)OC(C)(C)C)CCO1. The van der Waals surface area contributed by atoms with Crippen molar-refractivity contribution in [2.45, 2.75) is 32.5 Å². The van der Waals surface area contributed by atoms with E-state index in [1.807, 2.05) is 0 Å². The largest absolute Gasteiger partial charge is 0.480 e. The van der Waals surface area contributed by atoms with Gasteiger partial charge in [-0.3, -0.25) is 9.59 Å². The van der Waals surface area contributed by atoms with E-state index in [9.17, 15) is 14.4 Å². The number of carbonyl (C=O) groups excluding carboxylic acids is 2. The number of amides is 2. The van der Waals surface area contributed by atoms with Crippen LogP contribution >= 0.6 is 0 Å². The van der Waals surface area contributed by atoms with E-state index in [0.29, 0.717) is 6.54 Å². The third-order valence-corrected chi connectivity index (χ3v) is 2.98. The van der Waals surface area contributed by atoms with Crippen molar-refractivity contribution in [3.05, 3.63) is 12.7 Å². The molecule has 0 aliphatic carbocycles. The topological polar surface area (TPSA) is 96.4 Å². The molecular weight excluding hydrogens is 304 g/mol.